The summed E-state index contributed by atoms with van der Waals surface area (Å²) in [5, 5.41) is 2.90. The van der Waals surface area contributed by atoms with E-state index in [0.29, 0.717) is 12.1 Å². The van der Waals surface area contributed by atoms with E-state index in [-0.39, 0.29) is 11.8 Å². The predicted molar refractivity (Wildman–Crippen MR) is 111 cm³/mol. The van der Waals surface area contributed by atoms with Gasteiger partial charge in [-0.15, -0.1) is 0 Å². The molecule has 5 nitrogen and oxygen atoms in total. The van der Waals surface area contributed by atoms with Gasteiger partial charge in [-0.05, 0) is 42.6 Å². The average molecular weight is 445 g/mol. The lowest BCUT2D eigenvalue weighted by atomic mass is 9.95. The second kappa shape index (κ2) is 9.85. The van der Waals surface area contributed by atoms with Crippen molar-refractivity contribution in [3.63, 3.8) is 0 Å². The normalized spacial score (nSPS) is 18.3. The summed E-state index contributed by atoms with van der Waals surface area (Å²) >= 11 is 3.39. The number of ether oxygens (including phenoxy) is 1. The maximum absolute atomic E-state index is 12.9. The molecule has 1 saturated heterocycles. The maximum Gasteiger partial charge on any atom is 0.333 e. The minimum absolute atomic E-state index is 0.101. The van der Waals surface area contributed by atoms with Gasteiger partial charge in [0.25, 0.3) is 0 Å². The number of esters is 1. The summed E-state index contributed by atoms with van der Waals surface area (Å²) in [6.45, 7) is 2.50. The van der Waals surface area contributed by atoms with Gasteiger partial charge in [0.2, 0.25) is 5.91 Å². The molecule has 0 bridgehead atoms. The first kappa shape index (κ1) is 20.6. The highest BCUT2D eigenvalue weighted by Crippen LogP contribution is 2.22. The Balaban J connectivity index is 1.65. The SMILES string of the molecule is COC(=O)C(NC(=O)C1CCCN(Cc2ccccc2)C1)c1ccc(Br)cc1. The van der Waals surface area contributed by atoms with Crippen LogP contribution in [-0.4, -0.2) is 37.0 Å². The summed E-state index contributed by atoms with van der Waals surface area (Å²) in [5.41, 5.74) is 1.95. The van der Waals surface area contributed by atoms with Gasteiger partial charge < -0.3 is 10.1 Å². The van der Waals surface area contributed by atoms with Crippen molar-refractivity contribution in [2.24, 2.45) is 5.92 Å². The van der Waals surface area contributed by atoms with E-state index in [9.17, 15) is 9.59 Å². The molecule has 0 aliphatic carbocycles. The Morgan fingerprint density at radius 2 is 1.89 bits per heavy atom. The number of hydrogen-bond acceptors (Lipinski definition) is 4. The minimum atomic E-state index is -0.796. The molecule has 2 aromatic rings. The highest BCUT2D eigenvalue weighted by atomic mass is 79.9. The molecule has 1 N–H and O–H groups in total. The highest BCUT2D eigenvalue weighted by Gasteiger charge is 2.30. The molecule has 1 amide bonds. The molecule has 0 radical (unpaired) electrons. The fraction of sp³-hybridized carbons (Fsp3) is 0.364. The Labute approximate surface area is 174 Å². The topological polar surface area (TPSA) is 58.6 Å². The van der Waals surface area contributed by atoms with Crippen LogP contribution in [-0.2, 0) is 20.9 Å². The Morgan fingerprint density at radius 3 is 2.57 bits per heavy atom. The molecular weight excluding hydrogens is 420 g/mol. The van der Waals surface area contributed by atoms with Crippen molar-refractivity contribution in [3.05, 3.63) is 70.2 Å². The van der Waals surface area contributed by atoms with Crippen LogP contribution in [0.4, 0.5) is 0 Å². The van der Waals surface area contributed by atoms with Crippen molar-refractivity contribution >= 4 is 27.8 Å². The number of carbonyl (C=O) groups is 2. The Bertz CT molecular complexity index is 795. The molecule has 0 aromatic heterocycles. The van der Waals surface area contributed by atoms with Crippen molar-refractivity contribution in [1.29, 1.82) is 0 Å². The minimum Gasteiger partial charge on any atom is -0.467 e. The number of benzene rings is 2. The smallest absolute Gasteiger partial charge is 0.333 e. The van der Waals surface area contributed by atoms with E-state index in [0.717, 1.165) is 30.4 Å². The van der Waals surface area contributed by atoms with Crippen LogP contribution >= 0.6 is 15.9 Å². The average Bonchev–Trinajstić information content (AvgIpc) is 2.73. The molecule has 0 spiro atoms. The third-order valence-corrected chi connectivity index (χ3v) is 5.58. The molecule has 1 fully saturated rings. The van der Waals surface area contributed by atoms with Crippen molar-refractivity contribution in [3.8, 4) is 0 Å². The van der Waals surface area contributed by atoms with Crippen LogP contribution in [0.5, 0.6) is 0 Å². The number of likely N-dealkylation sites (tertiary alicyclic amines) is 1. The standard InChI is InChI=1S/C22H25BrN2O3/c1-28-22(27)20(17-9-11-19(23)12-10-17)24-21(26)18-8-5-13-25(15-18)14-16-6-3-2-4-7-16/h2-4,6-7,9-12,18,20H,5,8,13-15H2,1H3,(H,24,26). The largest absolute Gasteiger partial charge is 0.467 e. The quantitative estimate of drug-likeness (QED) is 0.690. The molecular formula is C22H25BrN2O3. The van der Waals surface area contributed by atoms with E-state index in [1.54, 1.807) is 0 Å². The van der Waals surface area contributed by atoms with Crippen LogP contribution in [0.2, 0.25) is 0 Å². The zero-order valence-corrected chi connectivity index (χ0v) is 17.5. The van der Waals surface area contributed by atoms with Gasteiger partial charge in [0.05, 0.1) is 13.0 Å². The molecule has 2 atom stereocenters. The Morgan fingerprint density at radius 1 is 1.18 bits per heavy atom. The summed E-state index contributed by atoms with van der Waals surface area (Å²) in [7, 11) is 1.34. The monoisotopic (exact) mass is 444 g/mol. The summed E-state index contributed by atoms with van der Waals surface area (Å²) in [5.74, 6) is -0.705. The first-order chi connectivity index (χ1) is 13.6. The van der Waals surface area contributed by atoms with Gasteiger partial charge in [-0.3, -0.25) is 9.69 Å². The Kier molecular flexibility index (Phi) is 7.23. The van der Waals surface area contributed by atoms with Crippen molar-refractivity contribution in [2.45, 2.75) is 25.4 Å². The third kappa shape index (κ3) is 5.42. The van der Waals surface area contributed by atoms with E-state index >= 15 is 0 Å². The van der Waals surface area contributed by atoms with Crippen molar-refractivity contribution in [1.82, 2.24) is 10.2 Å². The lowest BCUT2D eigenvalue weighted by molar-refractivity contribution is -0.146. The van der Waals surface area contributed by atoms with Crippen LogP contribution in [0.3, 0.4) is 0 Å². The van der Waals surface area contributed by atoms with Crippen LogP contribution in [0, 0.1) is 5.92 Å². The van der Waals surface area contributed by atoms with Gasteiger partial charge in [0.1, 0.15) is 0 Å². The number of halogens is 1. The zero-order chi connectivity index (χ0) is 19.9. The summed E-state index contributed by atoms with van der Waals surface area (Å²) in [4.78, 5) is 27.5. The highest BCUT2D eigenvalue weighted by molar-refractivity contribution is 9.10. The molecule has 6 heteroatoms. The second-order valence-electron chi connectivity index (χ2n) is 7.08. The van der Waals surface area contributed by atoms with E-state index in [1.165, 1.54) is 12.7 Å². The van der Waals surface area contributed by atoms with Gasteiger partial charge in [0.15, 0.2) is 6.04 Å². The van der Waals surface area contributed by atoms with Crippen molar-refractivity contribution in [2.75, 3.05) is 20.2 Å². The van der Waals surface area contributed by atoms with E-state index in [1.807, 2.05) is 42.5 Å². The van der Waals surface area contributed by atoms with E-state index in [4.69, 9.17) is 4.74 Å². The molecule has 1 aliphatic rings. The van der Waals surface area contributed by atoms with Gasteiger partial charge in [-0.1, -0.05) is 58.4 Å². The van der Waals surface area contributed by atoms with Crippen LogP contribution in [0.1, 0.15) is 30.0 Å². The zero-order valence-electron chi connectivity index (χ0n) is 15.9. The molecule has 2 aromatic carbocycles. The number of amides is 1. The van der Waals surface area contributed by atoms with Gasteiger partial charge in [-0.25, -0.2) is 4.79 Å². The van der Waals surface area contributed by atoms with Gasteiger partial charge in [-0.2, -0.15) is 0 Å². The first-order valence-electron chi connectivity index (χ1n) is 9.47. The summed E-state index contributed by atoms with van der Waals surface area (Å²) in [6.07, 6.45) is 1.79. The predicted octanol–water partition coefficient (Wildman–Crippen LogP) is 3.69. The summed E-state index contributed by atoms with van der Waals surface area (Å²) < 4.78 is 5.82. The maximum atomic E-state index is 12.9. The van der Waals surface area contributed by atoms with Crippen LogP contribution in [0.25, 0.3) is 0 Å². The van der Waals surface area contributed by atoms with Gasteiger partial charge in [0, 0.05) is 17.6 Å². The molecule has 0 saturated carbocycles. The molecule has 3 rings (SSSR count). The molecule has 1 heterocycles. The molecule has 1 aliphatic heterocycles. The Hall–Kier alpha value is -2.18. The van der Waals surface area contributed by atoms with Crippen molar-refractivity contribution < 1.29 is 14.3 Å². The van der Waals surface area contributed by atoms with Crippen LogP contribution in [0.15, 0.2) is 59.1 Å². The van der Waals surface area contributed by atoms with E-state index in [2.05, 4.69) is 38.3 Å². The number of methoxy groups -OCH3 is 1. The van der Waals surface area contributed by atoms with E-state index < -0.39 is 12.0 Å². The lowest BCUT2D eigenvalue weighted by Crippen LogP contribution is -2.45. The summed E-state index contributed by atoms with van der Waals surface area (Å²) in [6, 6.07) is 16.8. The van der Waals surface area contributed by atoms with Crippen LogP contribution < -0.4 is 5.32 Å². The fourth-order valence-electron chi connectivity index (χ4n) is 3.57. The number of nitrogens with zero attached hydrogens (tertiary/aromatic N) is 1. The first-order valence-corrected chi connectivity index (χ1v) is 10.3. The second-order valence-corrected chi connectivity index (χ2v) is 7.99. The molecule has 148 valence electrons. The third-order valence-electron chi connectivity index (χ3n) is 5.05. The molecule has 28 heavy (non-hydrogen) atoms. The fourth-order valence-corrected chi connectivity index (χ4v) is 3.83. The lowest BCUT2D eigenvalue weighted by Gasteiger charge is -2.32. The van der Waals surface area contributed by atoms with Gasteiger partial charge >= 0.3 is 5.97 Å². The number of nitrogens with one attached hydrogen (secondary N) is 1. The number of hydrogen-bond donors (Lipinski definition) is 1. The molecule has 2 unspecified atom stereocenters. The number of carbonyl (C=O) groups excluding carboxylic acids is 2. The number of piperidine rings is 1. The number of rotatable bonds is 6.